The lowest BCUT2D eigenvalue weighted by Gasteiger charge is -2.33. The SMILES string of the molecule is CCNC(=O)NC(=O)[C@H](c1ccccc1)[NH+]1CCN(c2cccc[nH+]2)CC1. The second-order valence-electron chi connectivity index (χ2n) is 6.59. The Morgan fingerprint density at radius 2 is 1.81 bits per heavy atom. The molecule has 1 fully saturated rings. The predicted octanol–water partition coefficient (Wildman–Crippen LogP) is -0.207. The van der Waals surface area contributed by atoms with Crippen LogP contribution in [0, 0.1) is 0 Å². The van der Waals surface area contributed by atoms with Crippen molar-refractivity contribution in [3.63, 3.8) is 0 Å². The van der Waals surface area contributed by atoms with Crippen LogP contribution in [0.5, 0.6) is 0 Å². The molecule has 7 heteroatoms. The molecule has 27 heavy (non-hydrogen) atoms. The molecule has 142 valence electrons. The van der Waals surface area contributed by atoms with Crippen LogP contribution in [0.3, 0.4) is 0 Å². The summed E-state index contributed by atoms with van der Waals surface area (Å²) < 4.78 is 0. The van der Waals surface area contributed by atoms with Crippen LogP contribution in [0.15, 0.2) is 54.7 Å². The van der Waals surface area contributed by atoms with Crippen LogP contribution >= 0.6 is 0 Å². The number of urea groups is 1. The van der Waals surface area contributed by atoms with Crippen molar-refractivity contribution in [3.05, 3.63) is 60.3 Å². The summed E-state index contributed by atoms with van der Waals surface area (Å²) >= 11 is 0. The smallest absolute Gasteiger partial charge is 0.321 e. The van der Waals surface area contributed by atoms with E-state index in [2.05, 4.69) is 26.6 Å². The first kappa shape index (κ1) is 18.8. The molecule has 1 saturated heterocycles. The molecule has 2 heterocycles. The largest absolute Gasteiger partial charge is 0.338 e. The number of amides is 3. The topological polar surface area (TPSA) is 80.0 Å². The number of imide groups is 1. The number of carbonyl (C=O) groups is 2. The number of aromatic amines is 1. The molecule has 1 atom stereocenters. The summed E-state index contributed by atoms with van der Waals surface area (Å²) in [5.74, 6) is 0.821. The van der Waals surface area contributed by atoms with Crippen molar-refractivity contribution in [1.29, 1.82) is 0 Å². The van der Waals surface area contributed by atoms with Gasteiger partial charge in [-0.15, -0.1) is 0 Å². The van der Waals surface area contributed by atoms with E-state index in [1.165, 1.54) is 0 Å². The molecular formula is C20H27N5O2+2. The van der Waals surface area contributed by atoms with Gasteiger partial charge < -0.3 is 10.2 Å². The van der Waals surface area contributed by atoms with E-state index >= 15 is 0 Å². The van der Waals surface area contributed by atoms with Gasteiger partial charge in [-0.25, -0.2) is 9.78 Å². The number of H-pyrrole nitrogens is 1. The van der Waals surface area contributed by atoms with Gasteiger partial charge in [0.2, 0.25) is 0 Å². The zero-order valence-corrected chi connectivity index (χ0v) is 15.6. The molecule has 2 aromatic rings. The van der Waals surface area contributed by atoms with Gasteiger partial charge in [-0.2, -0.15) is 0 Å². The van der Waals surface area contributed by atoms with E-state index in [0.29, 0.717) is 6.54 Å². The summed E-state index contributed by atoms with van der Waals surface area (Å²) in [7, 11) is 0. The van der Waals surface area contributed by atoms with Crippen LogP contribution in [-0.2, 0) is 4.79 Å². The molecule has 0 saturated carbocycles. The molecule has 0 unspecified atom stereocenters. The number of aromatic nitrogens is 1. The van der Waals surface area contributed by atoms with Crippen LogP contribution in [0.4, 0.5) is 10.6 Å². The van der Waals surface area contributed by atoms with Gasteiger partial charge in [0.25, 0.3) is 11.7 Å². The maximum atomic E-state index is 12.9. The Bertz CT molecular complexity index is 745. The number of nitrogens with one attached hydrogen (secondary N) is 4. The van der Waals surface area contributed by atoms with Crippen LogP contribution in [-0.4, -0.2) is 44.7 Å². The Morgan fingerprint density at radius 1 is 1.11 bits per heavy atom. The molecular weight excluding hydrogens is 342 g/mol. The lowest BCUT2D eigenvalue weighted by Crippen LogP contribution is -3.16. The highest BCUT2D eigenvalue weighted by molar-refractivity contribution is 5.96. The summed E-state index contributed by atoms with van der Waals surface area (Å²) in [6.07, 6.45) is 1.92. The standard InChI is InChI=1S/C20H25N5O2/c1-2-21-20(27)23-19(26)18(16-8-4-3-5-9-16)25-14-12-24(13-15-25)17-10-6-7-11-22-17/h3-11,18H,2,12-15H2,1H3,(H2,21,23,26,27)/p+2/t18-/m0/s1. The summed E-state index contributed by atoms with van der Waals surface area (Å²) in [6, 6.07) is 14.9. The van der Waals surface area contributed by atoms with E-state index in [4.69, 9.17) is 0 Å². The normalized spacial score (nSPS) is 15.8. The van der Waals surface area contributed by atoms with Crippen LogP contribution in [0.2, 0.25) is 0 Å². The van der Waals surface area contributed by atoms with Crippen molar-refractivity contribution in [3.8, 4) is 0 Å². The molecule has 3 amide bonds. The van der Waals surface area contributed by atoms with Crippen molar-refractivity contribution >= 4 is 17.8 Å². The number of nitrogens with zero attached hydrogens (tertiary/aromatic N) is 1. The van der Waals surface area contributed by atoms with E-state index in [0.717, 1.165) is 42.5 Å². The molecule has 4 N–H and O–H groups in total. The van der Waals surface area contributed by atoms with Crippen molar-refractivity contribution in [2.24, 2.45) is 0 Å². The number of quaternary nitrogens is 1. The van der Waals surface area contributed by atoms with Gasteiger partial charge in [0, 0.05) is 18.2 Å². The summed E-state index contributed by atoms with van der Waals surface area (Å²) in [4.78, 5) is 31.4. The number of piperazine rings is 1. The number of pyridine rings is 1. The van der Waals surface area contributed by atoms with Gasteiger partial charge in [0.15, 0.2) is 6.04 Å². The minimum absolute atomic E-state index is 0.262. The summed E-state index contributed by atoms with van der Waals surface area (Å²) in [5, 5.41) is 5.11. The van der Waals surface area contributed by atoms with Crippen molar-refractivity contribution in [2.75, 3.05) is 37.6 Å². The van der Waals surface area contributed by atoms with Gasteiger partial charge in [-0.1, -0.05) is 36.4 Å². The average Bonchev–Trinajstić information content (AvgIpc) is 2.70. The fraction of sp³-hybridized carbons (Fsp3) is 0.350. The highest BCUT2D eigenvalue weighted by Crippen LogP contribution is 2.11. The Kier molecular flexibility index (Phi) is 6.38. The van der Waals surface area contributed by atoms with Crippen molar-refractivity contribution < 1.29 is 19.5 Å². The molecule has 0 aliphatic carbocycles. The third-order valence-electron chi connectivity index (χ3n) is 4.82. The number of anilines is 1. The van der Waals surface area contributed by atoms with Gasteiger partial charge in [0.05, 0.1) is 6.20 Å². The van der Waals surface area contributed by atoms with Crippen molar-refractivity contribution in [1.82, 2.24) is 10.6 Å². The quantitative estimate of drug-likeness (QED) is 0.683. The number of hydrogen-bond acceptors (Lipinski definition) is 3. The van der Waals surface area contributed by atoms with Crippen molar-refractivity contribution in [2.45, 2.75) is 13.0 Å². The molecule has 0 radical (unpaired) electrons. The fourth-order valence-corrected chi connectivity index (χ4v) is 3.51. The van der Waals surface area contributed by atoms with E-state index in [9.17, 15) is 9.59 Å². The Morgan fingerprint density at radius 3 is 2.44 bits per heavy atom. The highest BCUT2D eigenvalue weighted by Gasteiger charge is 2.37. The molecule has 1 aromatic carbocycles. The van der Waals surface area contributed by atoms with E-state index < -0.39 is 12.1 Å². The van der Waals surface area contributed by atoms with E-state index in [1.807, 2.05) is 55.6 Å². The lowest BCUT2D eigenvalue weighted by molar-refractivity contribution is -0.922. The third kappa shape index (κ3) is 4.83. The lowest BCUT2D eigenvalue weighted by atomic mass is 10.0. The van der Waals surface area contributed by atoms with Crippen LogP contribution < -0.4 is 25.4 Å². The van der Waals surface area contributed by atoms with Gasteiger partial charge >= 0.3 is 6.03 Å². The molecule has 1 aliphatic heterocycles. The zero-order chi connectivity index (χ0) is 19.1. The maximum absolute atomic E-state index is 12.9. The van der Waals surface area contributed by atoms with Gasteiger partial charge in [-0.3, -0.25) is 15.0 Å². The molecule has 1 aromatic heterocycles. The second kappa shape index (κ2) is 9.14. The van der Waals surface area contributed by atoms with E-state index in [1.54, 1.807) is 0 Å². The maximum Gasteiger partial charge on any atom is 0.321 e. The molecule has 0 bridgehead atoms. The molecule has 3 rings (SSSR count). The first-order chi connectivity index (χ1) is 13.2. The van der Waals surface area contributed by atoms with Crippen LogP contribution in [0.25, 0.3) is 0 Å². The average molecular weight is 369 g/mol. The van der Waals surface area contributed by atoms with Gasteiger partial charge in [0.1, 0.15) is 26.2 Å². The summed E-state index contributed by atoms with van der Waals surface area (Å²) in [5.41, 5.74) is 0.925. The minimum atomic E-state index is -0.444. The fourth-order valence-electron chi connectivity index (χ4n) is 3.51. The third-order valence-corrected chi connectivity index (χ3v) is 4.82. The first-order valence-electron chi connectivity index (χ1n) is 9.39. The number of rotatable bonds is 5. The predicted molar refractivity (Wildman–Crippen MR) is 102 cm³/mol. The number of carbonyl (C=O) groups excluding carboxylic acids is 2. The molecule has 0 spiro atoms. The minimum Gasteiger partial charge on any atom is -0.338 e. The highest BCUT2D eigenvalue weighted by atomic mass is 16.2. The molecule has 1 aliphatic rings. The monoisotopic (exact) mass is 369 g/mol. The Balaban J connectivity index is 1.72. The van der Waals surface area contributed by atoms with E-state index in [-0.39, 0.29) is 5.91 Å². The Hall–Kier alpha value is -2.93. The number of hydrogen-bond donors (Lipinski definition) is 3. The first-order valence-corrected chi connectivity index (χ1v) is 9.39. The molecule has 7 nitrogen and oxygen atoms in total. The van der Waals surface area contributed by atoms with Crippen LogP contribution in [0.1, 0.15) is 18.5 Å². The summed E-state index contributed by atoms with van der Waals surface area (Å²) in [6.45, 7) is 5.61. The second-order valence-corrected chi connectivity index (χ2v) is 6.59. The zero-order valence-electron chi connectivity index (χ0n) is 15.6. The Labute approximate surface area is 159 Å². The van der Waals surface area contributed by atoms with Gasteiger partial charge in [-0.05, 0) is 13.0 Å². The number of benzene rings is 1.